The van der Waals surface area contributed by atoms with Crippen LogP contribution < -0.4 is 20.9 Å². The van der Waals surface area contributed by atoms with Gasteiger partial charge in [0, 0.05) is 52.5 Å². The fourth-order valence-electron chi connectivity index (χ4n) is 6.24. The highest BCUT2D eigenvalue weighted by molar-refractivity contribution is 6.31. The molecule has 0 atom stereocenters. The van der Waals surface area contributed by atoms with Gasteiger partial charge in [0.1, 0.15) is 0 Å². The molecule has 1 aliphatic carbocycles. The van der Waals surface area contributed by atoms with Crippen molar-refractivity contribution < 1.29 is 0 Å². The van der Waals surface area contributed by atoms with Gasteiger partial charge < -0.3 is 20.9 Å². The molecule has 0 radical (unpaired) electrons. The van der Waals surface area contributed by atoms with Gasteiger partial charge in [0.05, 0.1) is 5.52 Å². The van der Waals surface area contributed by atoms with E-state index in [1.807, 2.05) is 30.5 Å². The van der Waals surface area contributed by atoms with Crippen LogP contribution in [-0.4, -0.2) is 50.1 Å². The molecule has 8 nitrogen and oxygen atoms in total. The van der Waals surface area contributed by atoms with Crippen LogP contribution in [0.1, 0.15) is 85.5 Å². The molecule has 1 saturated heterocycles. The minimum atomic E-state index is -0.286. The maximum absolute atomic E-state index is 6.20. The summed E-state index contributed by atoms with van der Waals surface area (Å²) >= 11 is 6.20. The first kappa shape index (κ1) is 27.7. The zero-order valence-corrected chi connectivity index (χ0v) is 24.6. The molecule has 0 bridgehead atoms. The average Bonchev–Trinajstić information content (AvgIpc) is 2.88. The van der Waals surface area contributed by atoms with Crippen molar-refractivity contribution in [3.05, 3.63) is 35.5 Å². The summed E-state index contributed by atoms with van der Waals surface area (Å²) in [6.07, 6.45) is 12.5. The highest BCUT2D eigenvalue weighted by atomic mass is 35.5. The number of hydrogen-bond donors (Lipinski definition) is 3. The lowest BCUT2D eigenvalue weighted by molar-refractivity contribution is 0.396. The number of nitrogens with zero attached hydrogens (tertiary/aromatic N) is 5. The number of fused-ring (bicyclic) bond motifs is 1. The highest BCUT2D eigenvalue weighted by Gasteiger charge is 2.31. The first-order valence-corrected chi connectivity index (χ1v) is 14.9. The van der Waals surface area contributed by atoms with Crippen molar-refractivity contribution in [2.24, 2.45) is 0 Å². The molecule has 2 fully saturated rings. The second-order valence-corrected chi connectivity index (χ2v) is 13.0. The van der Waals surface area contributed by atoms with Crippen molar-refractivity contribution in [2.75, 3.05) is 33.9 Å². The molecule has 39 heavy (non-hydrogen) atoms. The summed E-state index contributed by atoms with van der Waals surface area (Å²) in [6, 6.07) is 8.30. The fraction of sp³-hybridized carbons (Fsp3) is 0.600. The van der Waals surface area contributed by atoms with E-state index in [9.17, 15) is 0 Å². The fourth-order valence-corrected chi connectivity index (χ4v) is 6.41. The van der Waals surface area contributed by atoms with Crippen LogP contribution in [0, 0.1) is 0 Å². The Morgan fingerprint density at radius 1 is 0.846 bits per heavy atom. The molecule has 210 valence electrons. The monoisotopic (exact) mass is 550 g/mol. The molecule has 2 aliphatic rings. The lowest BCUT2D eigenvalue weighted by Crippen LogP contribution is -2.44. The van der Waals surface area contributed by atoms with Gasteiger partial charge in [-0.1, -0.05) is 30.9 Å². The Balaban J connectivity index is 1.34. The standard InChI is InChI=1S/C30H43ClN8/c1-29(2,37-24-15-16-32-25-19-21(31)13-14-23(24)25)20-30(3,4)38-27-34-26(33-22-11-7-5-8-12-22)35-28(36-27)39-17-9-6-10-18-39/h13-16,19,22H,5-12,17-18,20H2,1-4H3,(H,32,37)(H2,33,34,35,36,38). The number of nitrogens with one attached hydrogen (secondary N) is 3. The summed E-state index contributed by atoms with van der Waals surface area (Å²) in [5, 5.41) is 12.8. The topological polar surface area (TPSA) is 90.9 Å². The van der Waals surface area contributed by atoms with Crippen molar-refractivity contribution in [2.45, 2.75) is 103 Å². The van der Waals surface area contributed by atoms with Gasteiger partial charge in [0.2, 0.25) is 17.8 Å². The Morgan fingerprint density at radius 3 is 2.31 bits per heavy atom. The average molecular weight is 551 g/mol. The molecule has 1 saturated carbocycles. The van der Waals surface area contributed by atoms with Crippen LogP contribution in [0.15, 0.2) is 30.5 Å². The third-order valence-corrected chi connectivity index (χ3v) is 7.95. The van der Waals surface area contributed by atoms with Gasteiger partial charge >= 0.3 is 0 Å². The van der Waals surface area contributed by atoms with Gasteiger partial charge in [-0.15, -0.1) is 0 Å². The molecular formula is C30H43ClN8. The summed E-state index contributed by atoms with van der Waals surface area (Å²) < 4.78 is 0. The third kappa shape index (κ3) is 7.41. The number of piperidine rings is 1. The maximum atomic E-state index is 6.20. The van der Waals surface area contributed by atoms with Gasteiger partial charge in [-0.3, -0.25) is 4.98 Å². The molecule has 0 amide bonds. The smallest absolute Gasteiger partial charge is 0.231 e. The van der Waals surface area contributed by atoms with Crippen molar-refractivity contribution >= 4 is 46.0 Å². The first-order chi connectivity index (χ1) is 18.7. The number of rotatable bonds is 9. The maximum Gasteiger partial charge on any atom is 0.231 e. The van der Waals surface area contributed by atoms with E-state index >= 15 is 0 Å². The lowest BCUT2D eigenvalue weighted by atomic mass is 9.86. The Bertz CT molecular complexity index is 1270. The minimum Gasteiger partial charge on any atom is -0.379 e. The third-order valence-electron chi connectivity index (χ3n) is 7.71. The van der Waals surface area contributed by atoms with Crippen LogP contribution in [-0.2, 0) is 0 Å². The zero-order chi connectivity index (χ0) is 27.5. The quantitative estimate of drug-likeness (QED) is 0.256. The number of pyridine rings is 1. The number of anilines is 4. The second-order valence-electron chi connectivity index (χ2n) is 12.5. The second kappa shape index (κ2) is 11.7. The molecule has 3 heterocycles. The summed E-state index contributed by atoms with van der Waals surface area (Å²) in [7, 11) is 0. The van der Waals surface area contributed by atoms with Gasteiger partial charge in [0.25, 0.3) is 0 Å². The van der Waals surface area contributed by atoms with E-state index in [0.717, 1.165) is 42.0 Å². The molecule has 5 rings (SSSR count). The Labute approximate surface area is 237 Å². The Kier molecular flexibility index (Phi) is 8.31. The summed E-state index contributed by atoms with van der Waals surface area (Å²) in [4.78, 5) is 21.4. The van der Waals surface area contributed by atoms with E-state index < -0.39 is 0 Å². The van der Waals surface area contributed by atoms with E-state index in [1.165, 1.54) is 51.4 Å². The molecule has 0 unspecified atom stereocenters. The molecule has 2 aromatic heterocycles. The minimum absolute atomic E-state index is 0.226. The van der Waals surface area contributed by atoms with Gasteiger partial charge in [-0.05, 0) is 90.5 Å². The van der Waals surface area contributed by atoms with E-state index in [1.54, 1.807) is 0 Å². The normalized spacial score (nSPS) is 17.3. The number of hydrogen-bond acceptors (Lipinski definition) is 8. The van der Waals surface area contributed by atoms with Crippen LogP contribution in [0.25, 0.3) is 10.9 Å². The number of halogens is 1. The van der Waals surface area contributed by atoms with Crippen molar-refractivity contribution in [1.29, 1.82) is 0 Å². The van der Waals surface area contributed by atoms with Gasteiger partial charge in [-0.25, -0.2) is 0 Å². The predicted molar refractivity (Wildman–Crippen MR) is 163 cm³/mol. The molecule has 1 aliphatic heterocycles. The van der Waals surface area contributed by atoms with Crippen molar-refractivity contribution in [3.63, 3.8) is 0 Å². The van der Waals surface area contributed by atoms with Crippen LogP contribution >= 0.6 is 11.6 Å². The molecule has 1 aromatic carbocycles. The van der Waals surface area contributed by atoms with E-state index in [2.05, 4.69) is 53.5 Å². The van der Waals surface area contributed by atoms with Crippen LogP contribution in [0.2, 0.25) is 5.02 Å². The highest BCUT2D eigenvalue weighted by Crippen LogP contribution is 2.31. The number of aromatic nitrogens is 4. The molecule has 3 N–H and O–H groups in total. The summed E-state index contributed by atoms with van der Waals surface area (Å²) in [5.41, 5.74) is 1.42. The van der Waals surface area contributed by atoms with E-state index in [0.29, 0.717) is 23.0 Å². The van der Waals surface area contributed by atoms with Crippen LogP contribution in [0.3, 0.4) is 0 Å². The van der Waals surface area contributed by atoms with Crippen LogP contribution in [0.4, 0.5) is 23.5 Å². The predicted octanol–water partition coefficient (Wildman–Crippen LogP) is 7.28. The van der Waals surface area contributed by atoms with Crippen LogP contribution in [0.5, 0.6) is 0 Å². The summed E-state index contributed by atoms with van der Waals surface area (Å²) in [5.74, 6) is 2.10. The van der Waals surface area contributed by atoms with Crippen molar-refractivity contribution in [3.8, 4) is 0 Å². The molecule has 0 spiro atoms. The van der Waals surface area contributed by atoms with Gasteiger partial charge in [-0.2, -0.15) is 15.0 Å². The largest absolute Gasteiger partial charge is 0.379 e. The van der Waals surface area contributed by atoms with Crippen molar-refractivity contribution in [1.82, 2.24) is 19.9 Å². The molecular weight excluding hydrogens is 508 g/mol. The Morgan fingerprint density at radius 2 is 1.54 bits per heavy atom. The molecule has 3 aromatic rings. The van der Waals surface area contributed by atoms with E-state index in [4.69, 9.17) is 26.6 Å². The Hall–Kier alpha value is -2.87. The zero-order valence-electron chi connectivity index (χ0n) is 23.9. The SMILES string of the molecule is CC(C)(CC(C)(C)Nc1ccnc2cc(Cl)ccc12)Nc1nc(NC2CCCCC2)nc(N2CCCCC2)n1. The lowest BCUT2D eigenvalue weighted by Gasteiger charge is -2.37. The first-order valence-electron chi connectivity index (χ1n) is 14.5. The van der Waals surface area contributed by atoms with E-state index in [-0.39, 0.29) is 11.1 Å². The molecule has 9 heteroatoms. The number of benzene rings is 1. The van der Waals surface area contributed by atoms with Gasteiger partial charge in [0.15, 0.2) is 0 Å². The summed E-state index contributed by atoms with van der Waals surface area (Å²) in [6.45, 7) is 10.9.